The number of hydrogen-bond acceptors (Lipinski definition) is 1. The molecule has 1 aromatic carbocycles. The number of fused-ring (bicyclic) bond motifs is 1. The second kappa shape index (κ2) is 3.29. The van der Waals surface area contributed by atoms with E-state index in [4.69, 9.17) is 0 Å². The molecule has 0 radical (unpaired) electrons. The van der Waals surface area contributed by atoms with Crippen molar-refractivity contribution in [2.24, 2.45) is 0 Å². The van der Waals surface area contributed by atoms with Gasteiger partial charge in [-0.2, -0.15) is 0 Å². The first-order valence-corrected chi connectivity index (χ1v) is 4.80. The van der Waals surface area contributed by atoms with Crippen LogP contribution in [0.2, 0.25) is 0 Å². The van der Waals surface area contributed by atoms with E-state index in [0.717, 1.165) is 16.5 Å². The number of aromatic nitrogens is 1. The molecular weight excluding hydrogens is 174 g/mol. The third kappa shape index (κ3) is 1.43. The largest absolute Gasteiger partial charge is 0.325 e. The molecule has 0 saturated heterocycles. The maximum absolute atomic E-state index is 11.6. The number of aromatic amines is 1. The van der Waals surface area contributed by atoms with Crippen molar-refractivity contribution in [3.63, 3.8) is 0 Å². The molecule has 2 aromatic rings. The molecule has 1 N–H and O–H groups in total. The molecule has 0 saturated carbocycles. The Kier molecular flexibility index (Phi) is 2.12. The van der Waals surface area contributed by atoms with Gasteiger partial charge < -0.3 is 4.98 Å². The van der Waals surface area contributed by atoms with Gasteiger partial charge in [-0.05, 0) is 23.4 Å². The van der Waals surface area contributed by atoms with Crippen molar-refractivity contribution in [1.82, 2.24) is 4.98 Å². The number of rotatable bonds is 1. The summed E-state index contributed by atoms with van der Waals surface area (Å²) in [6.45, 7) is 4.14. The number of nitrogens with one attached hydrogen (secondary N) is 1. The van der Waals surface area contributed by atoms with Gasteiger partial charge in [0.2, 0.25) is 0 Å². The monoisotopic (exact) mass is 187 g/mol. The van der Waals surface area contributed by atoms with Crippen LogP contribution in [0.4, 0.5) is 0 Å². The maximum Gasteiger partial charge on any atom is 0.256 e. The molecule has 1 aromatic heterocycles. The van der Waals surface area contributed by atoms with Gasteiger partial charge in [0.25, 0.3) is 5.56 Å². The van der Waals surface area contributed by atoms with Crippen LogP contribution in [0.5, 0.6) is 0 Å². The predicted molar refractivity (Wildman–Crippen MR) is 58.7 cm³/mol. The Hall–Kier alpha value is -1.57. The molecule has 2 heteroatoms. The van der Waals surface area contributed by atoms with Crippen molar-refractivity contribution in [3.05, 3.63) is 46.4 Å². The SMILES string of the molecule is CC(C)c1cc2ccccc2c(=O)[nH]1. The van der Waals surface area contributed by atoms with Gasteiger partial charge in [0.1, 0.15) is 0 Å². The van der Waals surface area contributed by atoms with Gasteiger partial charge in [0, 0.05) is 11.1 Å². The van der Waals surface area contributed by atoms with E-state index in [-0.39, 0.29) is 5.56 Å². The highest BCUT2D eigenvalue weighted by Gasteiger charge is 2.03. The fraction of sp³-hybridized carbons (Fsp3) is 0.250. The minimum Gasteiger partial charge on any atom is -0.325 e. The van der Waals surface area contributed by atoms with Crippen LogP contribution in [-0.2, 0) is 0 Å². The Labute approximate surface area is 82.6 Å². The van der Waals surface area contributed by atoms with Crippen molar-refractivity contribution < 1.29 is 0 Å². The van der Waals surface area contributed by atoms with Crippen LogP contribution in [0.25, 0.3) is 10.8 Å². The van der Waals surface area contributed by atoms with Gasteiger partial charge in [0.15, 0.2) is 0 Å². The molecule has 1 heterocycles. The van der Waals surface area contributed by atoms with Gasteiger partial charge >= 0.3 is 0 Å². The van der Waals surface area contributed by atoms with Crippen LogP contribution in [-0.4, -0.2) is 4.98 Å². The van der Waals surface area contributed by atoms with Crippen LogP contribution in [0.15, 0.2) is 35.1 Å². The summed E-state index contributed by atoms with van der Waals surface area (Å²) in [5.41, 5.74) is 1.00. The zero-order chi connectivity index (χ0) is 10.1. The molecule has 0 unspecified atom stereocenters. The Morgan fingerprint density at radius 2 is 1.93 bits per heavy atom. The van der Waals surface area contributed by atoms with E-state index in [1.807, 2.05) is 30.3 Å². The van der Waals surface area contributed by atoms with Gasteiger partial charge in [0.05, 0.1) is 0 Å². The van der Waals surface area contributed by atoms with Crippen molar-refractivity contribution in [2.75, 3.05) is 0 Å². The van der Waals surface area contributed by atoms with Crippen molar-refractivity contribution in [1.29, 1.82) is 0 Å². The summed E-state index contributed by atoms with van der Waals surface area (Å²) in [5, 5.41) is 1.77. The molecule has 0 spiro atoms. The van der Waals surface area contributed by atoms with Crippen LogP contribution in [0.3, 0.4) is 0 Å². The Morgan fingerprint density at radius 3 is 2.64 bits per heavy atom. The second-order valence-corrected chi connectivity index (χ2v) is 3.80. The topological polar surface area (TPSA) is 32.9 Å². The molecule has 0 amide bonds. The minimum atomic E-state index is 0.00630. The van der Waals surface area contributed by atoms with Crippen molar-refractivity contribution in [3.8, 4) is 0 Å². The smallest absolute Gasteiger partial charge is 0.256 e. The number of pyridine rings is 1. The summed E-state index contributed by atoms with van der Waals surface area (Å²) < 4.78 is 0. The zero-order valence-corrected chi connectivity index (χ0v) is 8.37. The third-order valence-electron chi connectivity index (χ3n) is 2.40. The molecule has 14 heavy (non-hydrogen) atoms. The first-order valence-electron chi connectivity index (χ1n) is 4.80. The van der Waals surface area contributed by atoms with Gasteiger partial charge in [-0.3, -0.25) is 4.79 Å². The maximum atomic E-state index is 11.6. The Balaban J connectivity index is 2.79. The fourth-order valence-electron chi connectivity index (χ4n) is 1.54. The third-order valence-corrected chi connectivity index (χ3v) is 2.40. The Bertz CT molecular complexity index is 511. The second-order valence-electron chi connectivity index (χ2n) is 3.80. The minimum absolute atomic E-state index is 0.00630. The Morgan fingerprint density at radius 1 is 1.21 bits per heavy atom. The van der Waals surface area contributed by atoms with Gasteiger partial charge in [-0.1, -0.05) is 32.0 Å². The lowest BCUT2D eigenvalue weighted by Crippen LogP contribution is -2.09. The molecule has 0 fully saturated rings. The molecule has 0 aliphatic carbocycles. The lowest BCUT2D eigenvalue weighted by Gasteiger charge is -2.06. The van der Waals surface area contributed by atoms with Gasteiger partial charge in [-0.15, -0.1) is 0 Å². The van der Waals surface area contributed by atoms with Crippen LogP contribution >= 0.6 is 0 Å². The summed E-state index contributed by atoms with van der Waals surface area (Å²) in [4.78, 5) is 14.5. The van der Waals surface area contributed by atoms with E-state index in [2.05, 4.69) is 18.8 Å². The van der Waals surface area contributed by atoms with E-state index in [9.17, 15) is 4.79 Å². The fourth-order valence-corrected chi connectivity index (χ4v) is 1.54. The molecule has 2 rings (SSSR count). The molecule has 2 nitrogen and oxygen atoms in total. The lowest BCUT2D eigenvalue weighted by molar-refractivity contribution is 0.820. The summed E-state index contributed by atoms with van der Waals surface area (Å²) in [7, 11) is 0. The first-order chi connectivity index (χ1) is 6.68. The van der Waals surface area contributed by atoms with E-state index in [0.29, 0.717) is 5.92 Å². The van der Waals surface area contributed by atoms with E-state index in [1.54, 1.807) is 0 Å². The molecule has 0 aliphatic heterocycles. The molecule has 0 atom stereocenters. The van der Waals surface area contributed by atoms with Crippen LogP contribution < -0.4 is 5.56 Å². The quantitative estimate of drug-likeness (QED) is 0.731. The standard InChI is InChI=1S/C12H13NO/c1-8(2)11-7-9-5-3-4-6-10(9)12(14)13-11/h3-8H,1-2H3,(H,13,14). The first kappa shape index (κ1) is 9.00. The van der Waals surface area contributed by atoms with Crippen LogP contribution in [0, 0.1) is 0 Å². The normalized spacial score (nSPS) is 11.1. The number of H-pyrrole nitrogens is 1. The summed E-state index contributed by atoms with van der Waals surface area (Å²) in [6, 6.07) is 9.69. The highest BCUT2D eigenvalue weighted by molar-refractivity contribution is 5.81. The van der Waals surface area contributed by atoms with Crippen molar-refractivity contribution in [2.45, 2.75) is 19.8 Å². The van der Waals surface area contributed by atoms with E-state index >= 15 is 0 Å². The summed E-state index contributed by atoms with van der Waals surface area (Å²) >= 11 is 0. The van der Waals surface area contributed by atoms with Crippen molar-refractivity contribution >= 4 is 10.8 Å². The average molecular weight is 187 g/mol. The molecular formula is C12H13NO. The summed E-state index contributed by atoms with van der Waals surface area (Å²) in [6.07, 6.45) is 0. The predicted octanol–water partition coefficient (Wildman–Crippen LogP) is 2.65. The average Bonchev–Trinajstić information content (AvgIpc) is 2.17. The molecule has 72 valence electrons. The molecule has 0 aliphatic rings. The van der Waals surface area contributed by atoms with E-state index in [1.165, 1.54) is 0 Å². The number of hydrogen-bond donors (Lipinski definition) is 1. The highest BCUT2D eigenvalue weighted by Crippen LogP contribution is 2.15. The number of benzene rings is 1. The van der Waals surface area contributed by atoms with E-state index < -0.39 is 0 Å². The van der Waals surface area contributed by atoms with Crippen LogP contribution in [0.1, 0.15) is 25.5 Å². The molecule has 0 bridgehead atoms. The summed E-state index contributed by atoms with van der Waals surface area (Å²) in [5.74, 6) is 0.354. The van der Waals surface area contributed by atoms with Gasteiger partial charge in [-0.25, -0.2) is 0 Å². The zero-order valence-electron chi connectivity index (χ0n) is 8.37. The highest BCUT2D eigenvalue weighted by atomic mass is 16.1. The lowest BCUT2D eigenvalue weighted by atomic mass is 10.1.